The number of hydrogen-bond acceptors (Lipinski definition) is 5. The summed E-state index contributed by atoms with van der Waals surface area (Å²) in [5, 5.41) is 19.5. The molecule has 2 rings (SSSR count). The second-order valence-electron chi connectivity index (χ2n) is 4.34. The van der Waals surface area contributed by atoms with Crippen molar-refractivity contribution in [2.75, 3.05) is 11.4 Å². The molecular weight excluding hydrogens is 238 g/mol. The van der Waals surface area contributed by atoms with Gasteiger partial charge in [-0.05, 0) is 25.8 Å². The number of rotatable bonds is 5. The molecule has 1 aromatic heterocycles. The maximum absolute atomic E-state index is 10.8. The van der Waals surface area contributed by atoms with Crippen molar-refractivity contribution in [1.29, 1.82) is 0 Å². The van der Waals surface area contributed by atoms with E-state index in [0.29, 0.717) is 11.4 Å². The summed E-state index contributed by atoms with van der Waals surface area (Å²) in [5.41, 5.74) is 0.436. The highest BCUT2D eigenvalue weighted by Gasteiger charge is 2.31. The first kappa shape index (κ1) is 12.3. The predicted octanol–water partition coefficient (Wildman–Crippen LogP) is 1.35. The number of anilines is 1. The van der Waals surface area contributed by atoms with Crippen LogP contribution in [0.2, 0.25) is 0 Å². The Morgan fingerprint density at radius 2 is 2.33 bits per heavy atom. The number of aryl methyl sites for hydroxylation is 1. The van der Waals surface area contributed by atoms with E-state index in [1.807, 2.05) is 0 Å². The van der Waals surface area contributed by atoms with Crippen molar-refractivity contribution in [1.82, 2.24) is 4.98 Å². The van der Waals surface area contributed by atoms with Crippen LogP contribution in [0.15, 0.2) is 12.3 Å². The molecule has 0 amide bonds. The molecule has 1 aliphatic rings. The smallest absolute Gasteiger partial charge is 0.323 e. The maximum atomic E-state index is 10.8. The summed E-state index contributed by atoms with van der Waals surface area (Å²) in [6.45, 7) is 1.49. The topological polar surface area (TPSA) is 96.6 Å². The zero-order chi connectivity index (χ0) is 13.3. The molecule has 0 spiro atoms. The average Bonchev–Trinajstić information content (AvgIpc) is 3.08. The number of nitrogens with zero attached hydrogens (tertiary/aromatic N) is 3. The van der Waals surface area contributed by atoms with Gasteiger partial charge in [-0.3, -0.25) is 14.9 Å². The Balaban J connectivity index is 2.28. The Kier molecular flexibility index (Phi) is 3.14. The number of hydrogen-bond donors (Lipinski definition) is 1. The number of aliphatic carboxylic acids is 1. The third kappa shape index (κ3) is 2.55. The minimum absolute atomic E-state index is 0.0511. The van der Waals surface area contributed by atoms with Crippen molar-refractivity contribution in [3.8, 4) is 0 Å². The fraction of sp³-hybridized carbons (Fsp3) is 0.455. The van der Waals surface area contributed by atoms with Gasteiger partial charge >= 0.3 is 5.97 Å². The van der Waals surface area contributed by atoms with E-state index in [0.717, 1.165) is 12.8 Å². The second kappa shape index (κ2) is 4.59. The van der Waals surface area contributed by atoms with E-state index < -0.39 is 10.9 Å². The lowest BCUT2D eigenvalue weighted by atomic mass is 10.2. The summed E-state index contributed by atoms with van der Waals surface area (Å²) in [6.07, 6.45) is 3.05. The van der Waals surface area contributed by atoms with Gasteiger partial charge in [-0.15, -0.1) is 0 Å². The highest BCUT2D eigenvalue weighted by Crippen LogP contribution is 2.31. The van der Waals surface area contributed by atoms with Crippen LogP contribution in [-0.2, 0) is 4.79 Å². The van der Waals surface area contributed by atoms with Crippen molar-refractivity contribution < 1.29 is 14.8 Å². The van der Waals surface area contributed by atoms with Crippen molar-refractivity contribution in [2.24, 2.45) is 0 Å². The predicted molar refractivity (Wildman–Crippen MR) is 63.6 cm³/mol. The highest BCUT2D eigenvalue weighted by atomic mass is 16.6. The first-order valence-electron chi connectivity index (χ1n) is 5.58. The Hall–Kier alpha value is -2.18. The normalized spacial score (nSPS) is 14.3. The molecule has 1 aromatic rings. The van der Waals surface area contributed by atoms with Crippen LogP contribution >= 0.6 is 0 Å². The Morgan fingerprint density at radius 1 is 1.67 bits per heavy atom. The molecule has 0 aromatic carbocycles. The van der Waals surface area contributed by atoms with Gasteiger partial charge < -0.3 is 10.0 Å². The second-order valence-corrected chi connectivity index (χ2v) is 4.34. The number of carboxylic acid groups (broad SMARTS) is 1. The molecule has 0 unspecified atom stereocenters. The first-order valence-corrected chi connectivity index (χ1v) is 5.58. The first-order chi connectivity index (χ1) is 8.49. The fourth-order valence-corrected chi connectivity index (χ4v) is 1.81. The Morgan fingerprint density at radius 3 is 2.78 bits per heavy atom. The molecule has 7 nitrogen and oxygen atoms in total. The summed E-state index contributed by atoms with van der Waals surface area (Å²) in [5.74, 6) is -0.442. The quantitative estimate of drug-likeness (QED) is 0.626. The number of nitro groups is 1. The van der Waals surface area contributed by atoms with E-state index in [-0.39, 0.29) is 18.3 Å². The van der Waals surface area contributed by atoms with E-state index >= 15 is 0 Å². The highest BCUT2D eigenvalue weighted by molar-refractivity contribution is 5.73. The van der Waals surface area contributed by atoms with Gasteiger partial charge in [0.2, 0.25) is 0 Å². The molecule has 18 heavy (non-hydrogen) atoms. The van der Waals surface area contributed by atoms with E-state index in [4.69, 9.17) is 5.11 Å². The summed E-state index contributed by atoms with van der Waals surface area (Å²) in [6, 6.07) is 1.76. The molecule has 7 heteroatoms. The van der Waals surface area contributed by atoms with Crippen LogP contribution in [0.5, 0.6) is 0 Å². The minimum atomic E-state index is -0.931. The van der Waals surface area contributed by atoms with Gasteiger partial charge in [0.05, 0.1) is 4.92 Å². The lowest BCUT2D eigenvalue weighted by Gasteiger charge is -2.21. The van der Waals surface area contributed by atoms with Gasteiger partial charge in [0.1, 0.15) is 18.6 Å². The number of carboxylic acids is 1. The summed E-state index contributed by atoms with van der Waals surface area (Å²) in [7, 11) is 0. The summed E-state index contributed by atoms with van der Waals surface area (Å²) >= 11 is 0. The minimum Gasteiger partial charge on any atom is -0.480 e. The summed E-state index contributed by atoms with van der Waals surface area (Å²) in [4.78, 5) is 26.7. The molecule has 1 aliphatic carbocycles. The maximum Gasteiger partial charge on any atom is 0.323 e. The molecule has 0 atom stereocenters. The number of aromatic nitrogens is 1. The van der Waals surface area contributed by atoms with Crippen molar-refractivity contribution in [3.05, 3.63) is 27.9 Å². The molecule has 1 heterocycles. The SMILES string of the molecule is Cc1cc(N(CC(=O)O)C2CC2)ncc1[N+](=O)[O-]. The molecular formula is C11H13N3O4. The van der Waals surface area contributed by atoms with Crippen LogP contribution in [0.25, 0.3) is 0 Å². The molecule has 1 fully saturated rings. The third-order valence-electron chi connectivity index (χ3n) is 2.85. The molecule has 0 radical (unpaired) electrons. The van der Waals surface area contributed by atoms with Crippen LogP contribution in [0, 0.1) is 17.0 Å². The standard InChI is InChI=1S/C11H13N3O4/c1-7-4-10(12-5-9(7)14(17)18)13(6-11(15)16)8-2-3-8/h4-5,8H,2-3,6H2,1H3,(H,15,16). The van der Waals surface area contributed by atoms with Gasteiger partial charge in [0.25, 0.3) is 5.69 Å². The van der Waals surface area contributed by atoms with Gasteiger partial charge in [-0.1, -0.05) is 0 Å². The van der Waals surface area contributed by atoms with Crippen LogP contribution in [0.4, 0.5) is 11.5 Å². The lowest BCUT2D eigenvalue weighted by Crippen LogP contribution is -2.32. The molecule has 96 valence electrons. The van der Waals surface area contributed by atoms with E-state index in [1.54, 1.807) is 17.9 Å². The van der Waals surface area contributed by atoms with Crippen molar-refractivity contribution in [3.63, 3.8) is 0 Å². The van der Waals surface area contributed by atoms with Crippen LogP contribution in [-0.4, -0.2) is 33.6 Å². The van der Waals surface area contributed by atoms with Crippen LogP contribution in [0.3, 0.4) is 0 Å². The van der Waals surface area contributed by atoms with Crippen molar-refractivity contribution in [2.45, 2.75) is 25.8 Å². The number of carbonyl (C=O) groups is 1. The molecule has 0 aliphatic heterocycles. The molecule has 1 N–H and O–H groups in total. The largest absolute Gasteiger partial charge is 0.480 e. The van der Waals surface area contributed by atoms with Gasteiger partial charge in [0.15, 0.2) is 0 Å². The monoisotopic (exact) mass is 251 g/mol. The van der Waals surface area contributed by atoms with E-state index in [1.165, 1.54) is 6.20 Å². The van der Waals surface area contributed by atoms with Crippen molar-refractivity contribution >= 4 is 17.5 Å². The Bertz CT molecular complexity index is 499. The zero-order valence-electron chi connectivity index (χ0n) is 9.87. The fourth-order valence-electron chi connectivity index (χ4n) is 1.81. The van der Waals surface area contributed by atoms with Crippen LogP contribution in [0.1, 0.15) is 18.4 Å². The Labute approximate surface area is 103 Å². The number of pyridine rings is 1. The van der Waals surface area contributed by atoms with E-state index in [2.05, 4.69) is 4.98 Å². The van der Waals surface area contributed by atoms with Gasteiger partial charge in [0, 0.05) is 11.6 Å². The summed E-state index contributed by atoms with van der Waals surface area (Å²) < 4.78 is 0. The molecule has 0 saturated heterocycles. The lowest BCUT2D eigenvalue weighted by molar-refractivity contribution is -0.385. The molecule has 0 bridgehead atoms. The van der Waals surface area contributed by atoms with Crippen LogP contribution < -0.4 is 4.90 Å². The third-order valence-corrected chi connectivity index (χ3v) is 2.85. The van der Waals surface area contributed by atoms with Gasteiger partial charge in [-0.25, -0.2) is 4.98 Å². The van der Waals surface area contributed by atoms with E-state index in [9.17, 15) is 14.9 Å². The molecule has 1 saturated carbocycles. The van der Waals surface area contributed by atoms with Gasteiger partial charge in [-0.2, -0.15) is 0 Å². The average molecular weight is 251 g/mol. The zero-order valence-corrected chi connectivity index (χ0v) is 9.87.